The second-order valence-electron chi connectivity index (χ2n) is 6.98. The van der Waals surface area contributed by atoms with Crippen molar-refractivity contribution in [3.63, 3.8) is 0 Å². The van der Waals surface area contributed by atoms with Crippen molar-refractivity contribution < 1.29 is 23.5 Å². The molecule has 0 radical (unpaired) electrons. The Morgan fingerprint density at radius 3 is 2.52 bits per heavy atom. The quantitative estimate of drug-likeness (QED) is 0.416. The number of carbonyl (C=O) groups is 2. The van der Waals surface area contributed by atoms with Crippen LogP contribution in [-0.4, -0.2) is 44.3 Å². The molecule has 1 aromatic heterocycles. The normalized spacial score (nSPS) is 12.8. The molecule has 1 fully saturated rings. The molecule has 1 aliphatic rings. The number of nitrogens with one attached hydrogen (secondary N) is 1. The molecule has 3 aromatic rings. The zero-order valence-electron chi connectivity index (χ0n) is 17.6. The van der Waals surface area contributed by atoms with Crippen LogP contribution in [0.4, 0.5) is 10.1 Å². The zero-order valence-corrected chi connectivity index (χ0v) is 18.5. The van der Waals surface area contributed by atoms with Gasteiger partial charge >= 0.3 is 0 Å². The van der Waals surface area contributed by atoms with Crippen LogP contribution >= 0.6 is 11.9 Å². The number of rotatable bonds is 7. The molecule has 0 aliphatic heterocycles. The van der Waals surface area contributed by atoms with Crippen LogP contribution in [0.1, 0.15) is 34.7 Å². The lowest BCUT2D eigenvalue weighted by molar-refractivity contribution is -0.106. The standard InChI is InChI=1S/C22H21FN2O3S.CH4O/c1-24-22(27)20-17-11-16(13-3-4-13)18(25(29-2)9-10-26)12-19(17)28-21(20)14-5-7-15(23)8-6-14;1-2/h5-8,10-13H,3-4,9H2,1-2H3,(H,24,27);2H,1H3. The number of benzene rings is 2. The van der Waals surface area contributed by atoms with Gasteiger partial charge in [0.15, 0.2) is 0 Å². The highest BCUT2D eigenvalue weighted by molar-refractivity contribution is 8.00. The summed E-state index contributed by atoms with van der Waals surface area (Å²) in [5, 5.41) is 10.4. The minimum absolute atomic E-state index is 0.257. The number of amides is 1. The lowest BCUT2D eigenvalue weighted by Gasteiger charge is -2.22. The monoisotopic (exact) mass is 444 g/mol. The van der Waals surface area contributed by atoms with Gasteiger partial charge in [-0.25, -0.2) is 4.39 Å². The SMILES string of the molecule is CNC(=O)c1c(-c2ccc(F)cc2)oc2cc(N(CC=O)SC)c(C3CC3)cc12.CO. The second-order valence-corrected chi connectivity index (χ2v) is 7.79. The summed E-state index contributed by atoms with van der Waals surface area (Å²) in [5.74, 6) is 0.211. The number of halogens is 1. The zero-order chi connectivity index (χ0) is 22.5. The summed E-state index contributed by atoms with van der Waals surface area (Å²) >= 11 is 1.47. The maximum absolute atomic E-state index is 13.4. The number of furan rings is 1. The Labute approximate surface area is 184 Å². The van der Waals surface area contributed by atoms with Crippen LogP contribution in [0.2, 0.25) is 0 Å². The van der Waals surface area contributed by atoms with Crippen LogP contribution in [0.5, 0.6) is 0 Å². The summed E-state index contributed by atoms with van der Waals surface area (Å²) in [7, 11) is 2.57. The Balaban J connectivity index is 0.00000132. The minimum Gasteiger partial charge on any atom is -0.455 e. The fraction of sp³-hybridized carbons (Fsp3) is 0.304. The molecular formula is C23H25FN2O4S. The van der Waals surface area contributed by atoms with Gasteiger partial charge in [-0.1, -0.05) is 11.9 Å². The number of anilines is 1. The van der Waals surface area contributed by atoms with E-state index >= 15 is 0 Å². The number of aldehydes is 1. The van der Waals surface area contributed by atoms with Crippen molar-refractivity contribution in [2.45, 2.75) is 18.8 Å². The highest BCUT2D eigenvalue weighted by Gasteiger charge is 2.31. The number of hydrogen-bond acceptors (Lipinski definition) is 6. The topological polar surface area (TPSA) is 82.8 Å². The highest BCUT2D eigenvalue weighted by Crippen LogP contribution is 2.48. The van der Waals surface area contributed by atoms with Crippen molar-refractivity contribution in [2.75, 3.05) is 31.3 Å². The molecule has 8 heteroatoms. The van der Waals surface area contributed by atoms with E-state index in [4.69, 9.17) is 9.52 Å². The Hall–Kier alpha value is -2.84. The van der Waals surface area contributed by atoms with Gasteiger partial charge in [-0.05, 0) is 54.7 Å². The molecule has 31 heavy (non-hydrogen) atoms. The van der Waals surface area contributed by atoms with E-state index in [1.165, 1.54) is 24.1 Å². The van der Waals surface area contributed by atoms with Gasteiger partial charge in [-0.15, -0.1) is 0 Å². The third-order valence-electron chi connectivity index (χ3n) is 5.14. The molecular weight excluding hydrogens is 419 g/mol. The molecule has 2 aromatic carbocycles. The Bertz CT molecular complexity index is 1080. The predicted octanol–water partition coefficient (Wildman–Crippen LogP) is 4.37. The maximum atomic E-state index is 13.4. The van der Waals surface area contributed by atoms with Crippen LogP contribution in [0.15, 0.2) is 40.8 Å². The maximum Gasteiger partial charge on any atom is 0.255 e. The van der Waals surface area contributed by atoms with Gasteiger partial charge < -0.3 is 23.9 Å². The average Bonchev–Trinajstić information content (AvgIpc) is 3.58. The first-order chi connectivity index (χ1) is 15.1. The fourth-order valence-electron chi connectivity index (χ4n) is 3.58. The lowest BCUT2D eigenvalue weighted by atomic mass is 10.0. The molecule has 2 N–H and O–H groups in total. The van der Waals surface area contributed by atoms with E-state index in [1.54, 1.807) is 19.2 Å². The van der Waals surface area contributed by atoms with Crippen molar-refractivity contribution in [3.05, 3.63) is 53.3 Å². The van der Waals surface area contributed by atoms with Gasteiger partial charge in [0.1, 0.15) is 23.4 Å². The van der Waals surface area contributed by atoms with E-state index < -0.39 is 0 Å². The van der Waals surface area contributed by atoms with Crippen LogP contribution in [0, 0.1) is 5.82 Å². The molecule has 1 amide bonds. The molecule has 0 unspecified atom stereocenters. The summed E-state index contributed by atoms with van der Waals surface area (Å²) in [6.45, 7) is 0.264. The van der Waals surface area contributed by atoms with E-state index in [9.17, 15) is 14.0 Å². The van der Waals surface area contributed by atoms with Crippen molar-refractivity contribution in [1.29, 1.82) is 0 Å². The van der Waals surface area contributed by atoms with Crippen LogP contribution in [-0.2, 0) is 4.79 Å². The number of hydrogen-bond donors (Lipinski definition) is 2. The lowest BCUT2D eigenvalue weighted by Crippen LogP contribution is -2.19. The summed E-state index contributed by atoms with van der Waals surface area (Å²) < 4.78 is 21.4. The van der Waals surface area contributed by atoms with Crippen molar-refractivity contribution >= 4 is 40.8 Å². The van der Waals surface area contributed by atoms with Crippen molar-refractivity contribution in [1.82, 2.24) is 5.32 Å². The van der Waals surface area contributed by atoms with Crippen molar-refractivity contribution in [2.24, 2.45) is 0 Å². The van der Waals surface area contributed by atoms with Crippen LogP contribution in [0.25, 0.3) is 22.3 Å². The fourth-order valence-corrected chi connectivity index (χ4v) is 4.14. The molecule has 1 heterocycles. The summed E-state index contributed by atoms with van der Waals surface area (Å²) in [4.78, 5) is 23.9. The number of fused-ring (bicyclic) bond motifs is 1. The molecule has 0 saturated heterocycles. The molecule has 1 aliphatic carbocycles. The Morgan fingerprint density at radius 1 is 1.29 bits per heavy atom. The van der Waals surface area contributed by atoms with E-state index in [0.29, 0.717) is 28.4 Å². The highest BCUT2D eigenvalue weighted by atomic mass is 32.2. The van der Waals surface area contributed by atoms with Gasteiger partial charge in [0, 0.05) is 37.4 Å². The number of aliphatic hydroxyl groups excluding tert-OH is 1. The van der Waals surface area contributed by atoms with Gasteiger partial charge in [0.25, 0.3) is 5.91 Å². The van der Waals surface area contributed by atoms with Crippen LogP contribution in [0.3, 0.4) is 0 Å². The number of aliphatic hydroxyl groups is 1. The van der Waals surface area contributed by atoms with Crippen LogP contribution < -0.4 is 9.62 Å². The smallest absolute Gasteiger partial charge is 0.255 e. The van der Waals surface area contributed by atoms with Gasteiger partial charge in [0.2, 0.25) is 0 Å². The molecule has 1 saturated carbocycles. The Kier molecular flexibility index (Phi) is 7.35. The second kappa shape index (κ2) is 9.98. The summed E-state index contributed by atoms with van der Waals surface area (Å²) in [5.41, 5.74) is 3.68. The predicted molar refractivity (Wildman–Crippen MR) is 122 cm³/mol. The molecule has 164 valence electrons. The van der Waals surface area contributed by atoms with Gasteiger partial charge in [-0.2, -0.15) is 0 Å². The number of carbonyl (C=O) groups excluding carboxylic acids is 2. The van der Waals surface area contributed by atoms with E-state index in [-0.39, 0.29) is 18.3 Å². The minimum atomic E-state index is -0.353. The van der Waals surface area contributed by atoms with E-state index in [1.807, 2.05) is 22.7 Å². The third-order valence-corrected chi connectivity index (χ3v) is 5.93. The first-order valence-electron chi connectivity index (χ1n) is 9.85. The summed E-state index contributed by atoms with van der Waals surface area (Å²) in [6.07, 6.45) is 4.96. The Morgan fingerprint density at radius 2 is 1.97 bits per heavy atom. The molecule has 0 atom stereocenters. The van der Waals surface area contributed by atoms with E-state index in [0.717, 1.165) is 42.9 Å². The first kappa shape index (κ1) is 22.8. The summed E-state index contributed by atoms with van der Waals surface area (Å²) in [6, 6.07) is 9.80. The first-order valence-corrected chi connectivity index (χ1v) is 11.0. The van der Waals surface area contributed by atoms with Gasteiger partial charge in [-0.3, -0.25) is 4.79 Å². The molecule has 6 nitrogen and oxygen atoms in total. The largest absolute Gasteiger partial charge is 0.455 e. The molecule has 4 rings (SSSR count). The number of nitrogens with zero attached hydrogens (tertiary/aromatic N) is 1. The van der Waals surface area contributed by atoms with Gasteiger partial charge in [0.05, 0.1) is 17.8 Å². The molecule has 0 spiro atoms. The average molecular weight is 445 g/mol. The van der Waals surface area contributed by atoms with Crippen molar-refractivity contribution in [3.8, 4) is 11.3 Å². The van der Waals surface area contributed by atoms with E-state index in [2.05, 4.69) is 5.32 Å². The molecule has 0 bridgehead atoms. The third kappa shape index (κ3) is 4.60.